The highest BCUT2D eigenvalue weighted by Gasteiger charge is 2.10. The Labute approximate surface area is 157 Å². The van der Waals surface area contributed by atoms with Gasteiger partial charge in [-0.15, -0.1) is 0 Å². The van der Waals surface area contributed by atoms with Gasteiger partial charge in [-0.3, -0.25) is 10.2 Å². The number of ketones is 1. The van der Waals surface area contributed by atoms with Crippen LogP contribution in [0.2, 0.25) is 0 Å². The number of hydrogen-bond donors (Lipinski definition) is 2. The van der Waals surface area contributed by atoms with Crippen LogP contribution < -0.4 is 5.73 Å². The van der Waals surface area contributed by atoms with E-state index < -0.39 is 0 Å². The minimum absolute atomic E-state index is 0.0710. The number of hydrogen-bond acceptors (Lipinski definition) is 2. The molecule has 3 nitrogen and oxygen atoms in total. The van der Waals surface area contributed by atoms with Crippen molar-refractivity contribution in [2.45, 2.75) is 12.8 Å². The quantitative estimate of drug-likeness (QED) is 0.298. The van der Waals surface area contributed by atoms with Crippen molar-refractivity contribution >= 4 is 33.2 Å². The predicted molar refractivity (Wildman–Crippen MR) is 112 cm³/mol. The highest BCUT2D eigenvalue weighted by molar-refractivity contribution is 6.08. The van der Waals surface area contributed by atoms with Crippen molar-refractivity contribution in [3.8, 4) is 0 Å². The Kier molecular flexibility index (Phi) is 4.43. The molecule has 27 heavy (non-hydrogen) atoms. The molecule has 0 heterocycles. The number of Topliss-reactive ketones (excluding diaryl/α,β-unsaturated/α-hetero) is 1. The molecule has 0 aliphatic rings. The van der Waals surface area contributed by atoms with E-state index in [2.05, 4.69) is 6.07 Å². The summed E-state index contributed by atoms with van der Waals surface area (Å²) in [6.45, 7) is 0. The fraction of sp³-hybridized carbons (Fsp3) is 0.0833. The van der Waals surface area contributed by atoms with Gasteiger partial charge in [0.1, 0.15) is 5.84 Å². The van der Waals surface area contributed by atoms with Crippen LogP contribution in [0, 0.1) is 5.41 Å². The van der Waals surface area contributed by atoms with Gasteiger partial charge in [-0.1, -0.05) is 72.8 Å². The minimum atomic E-state index is 0.0710. The van der Waals surface area contributed by atoms with Crippen LogP contribution in [0.1, 0.15) is 27.9 Å². The van der Waals surface area contributed by atoms with Crippen LogP contribution >= 0.6 is 0 Å². The molecule has 0 bridgehead atoms. The second kappa shape index (κ2) is 7.04. The van der Waals surface area contributed by atoms with Gasteiger partial charge < -0.3 is 5.73 Å². The second-order valence-corrected chi connectivity index (χ2v) is 6.76. The molecule has 0 saturated heterocycles. The number of nitrogens with two attached hydrogens (primary N) is 1. The molecule has 0 amide bonds. The first-order valence-corrected chi connectivity index (χ1v) is 9.00. The molecular weight excluding hydrogens is 332 g/mol. The Hall–Kier alpha value is -3.46. The molecular formula is C24H20N2O. The lowest BCUT2D eigenvalue weighted by Gasteiger charge is -2.07. The Morgan fingerprint density at radius 2 is 1.56 bits per heavy atom. The molecule has 0 saturated carbocycles. The molecule has 0 unspecified atom stereocenters. The van der Waals surface area contributed by atoms with E-state index in [4.69, 9.17) is 11.1 Å². The third kappa shape index (κ3) is 3.44. The van der Waals surface area contributed by atoms with Crippen molar-refractivity contribution in [3.05, 3.63) is 95.6 Å². The summed E-state index contributed by atoms with van der Waals surface area (Å²) in [4.78, 5) is 12.8. The van der Waals surface area contributed by atoms with Crippen molar-refractivity contribution in [1.82, 2.24) is 0 Å². The molecule has 4 aromatic rings. The Bertz CT molecular complexity index is 1170. The lowest BCUT2D eigenvalue weighted by molar-refractivity contribution is 0.0984. The van der Waals surface area contributed by atoms with Gasteiger partial charge in [-0.25, -0.2) is 0 Å². The fourth-order valence-electron chi connectivity index (χ4n) is 3.48. The van der Waals surface area contributed by atoms with Crippen molar-refractivity contribution in [3.63, 3.8) is 0 Å². The van der Waals surface area contributed by atoms with Crippen LogP contribution in [0.25, 0.3) is 21.5 Å². The summed E-state index contributed by atoms with van der Waals surface area (Å²) < 4.78 is 0. The van der Waals surface area contributed by atoms with E-state index in [9.17, 15) is 4.79 Å². The summed E-state index contributed by atoms with van der Waals surface area (Å²) in [5, 5.41) is 11.8. The number of rotatable bonds is 5. The number of carbonyl (C=O) groups is 1. The van der Waals surface area contributed by atoms with Gasteiger partial charge in [-0.2, -0.15) is 0 Å². The highest BCUT2D eigenvalue weighted by atomic mass is 16.1. The zero-order valence-corrected chi connectivity index (χ0v) is 14.9. The summed E-state index contributed by atoms with van der Waals surface area (Å²) in [6.07, 6.45) is 1.18. The average Bonchev–Trinajstić information content (AvgIpc) is 2.71. The van der Waals surface area contributed by atoms with Crippen LogP contribution in [0.4, 0.5) is 0 Å². The molecule has 0 fully saturated rings. The second-order valence-electron chi connectivity index (χ2n) is 6.76. The Morgan fingerprint density at radius 3 is 2.41 bits per heavy atom. The number of fused-ring (bicyclic) bond motifs is 2. The van der Waals surface area contributed by atoms with E-state index in [-0.39, 0.29) is 11.6 Å². The molecule has 4 rings (SSSR count). The van der Waals surface area contributed by atoms with Gasteiger partial charge in [0.25, 0.3) is 0 Å². The molecule has 132 valence electrons. The minimum Gasteiger partial charge on any atom is -0.384 e. The topological polar surface area (TPSA) is 66.9 Å². The van der Waals surface area contributed by atoms with Gasteiger partial charge in [0.15, 0.2) is 5.78 Å². The van der Waals surface area contributed by atoms with E-state index in [1.807, 2.05) is 72.8 Å². The van der Waals surface area contributed by atoms with Crippen LogP contribution in [-0.4, -0.2) is 11.6 Å². The van der Waals surface area contributed by atoms with E-state index >= 15 is 0 Å². The molecule has 0 aromatic heterocycles. The molecule has 0 atom stereocenters. The van der Waals surface area contributed by atoms with Gasteiger partial charge >= 0.3 is 0 Å². The third-order valence-electron chi connectivity index (χ3n) is 4.95. The van der Waals surface area contributed by atoms with E-state index in [0.29, 0.717) is 12.8 Å². The van der Waals surface area contributed by atoms with Crippen molar-refractivity contribution in [1.29, 1.82) is 5.41 Å². The number of carbonyl (C=O) groups excluding carboxylic acids is 1. The molecule has 4 aromatic carbocycles. The zero-order chi connectivity index (χ0) is 18.8. The van der Waals surface area contributed by atoms with Gasteiger partial charge in [0.2, 0.25) is 0 Å². The van der Waals surface area contributed by atoms with Gasteiger partial charge in [0, 0.05) is 17.5 Å². The van der Waals surface area contributed by atoms with Gasteiger partial charge in [-0.05, 0) is 39.6 Å². The Balaban J connectivity index is 1.55. The Morgan fingerprint density at radius 1 is 0.815 bits per heavy atom. The van der Waals surface area contributed by atoms with Crippen LogP contribution in [0.15, 0.2) is 78.9 Å². The standard InChI is InChI=1S/C24H20N2O/c25-24(26)20-12-11-18-14-16(8-10-19(18)15-20)9-13-23(27)22-7-3-5-17-4-1-2-6-21(17)22/h1-8,10-12,14-15H,9,13H2,(H3,25,26). The number of aryl methyl sites for hydroxylation is 1. The SMILES string of the molecule is N=C(N)c1ccc2cc(CCC(=O)c3cccc4ccccc34)ccc2c1. The third-order valence-corrected chi connectivity index (χ3v) is 4.95. The smallest absolute Gasteiger partial charge is 0.163 e. The molecule has 0 aliphatic heterocycles. The zero-order valence-electron chi connectivity index (χ0n) is 14.9. The number of nitrogen functional groups attached to an aromatic ring is 1. The first-order valence-electron chi connectivity index (χ1n) is 9.00. The summed E-state index contributed by atoms with van der Waals surface area (Å²) >= 11 is 0. The predicted octanol–water partition coefficient (Wildman–Crippen LogP) is 5.09. The van der Waals surface area contributed by atoms with Crippen LogP contribution in [-0.2, 0) is 6.42 Å². The average molecular weight is 352 g/mol. The number of nitrogens with one attached hydrogen (secondary N) is 1. The maximum Gasteiger partial charge on any atom is 0.163 e. The lowest BCUT2D eigenvalue weighted by Crippen LogP contribution is -2.10. The van der Waals surface area contributed by atoms with E-state index in [1.54, 1.807) is 0 Å². The fourth-order valence-corrected chi connectivity index (χ4v) is 3.48. The summed E-state index contributed by atoms with van der Waals surface area (Å²) in [6, 6.07) is 25.8. The molecule has 0 spiro atoms. The number of benzene rings is 4. The molecule has 0 radical (unpaired) electrons. The molecule has 3 N–H and O–H groups in total. The molecule has 0 aliphatic carbocycles. The summed E-state index contributed by atoms with van der Waals surface area (Å²) in [7, 11) is 0. The first-order chi connectivity index (χ1) is 13.1. The van der Waals surface area contributed by atoms with Crippen molar-refractivity contribution in [2.24, 2.45) is 5.73 Å². The van der Waals surface area contributed by atoms with E-state index in [1.165, 1.54) is 0 Å². The lowest BCUT2D eigenvalue weighted by atomic mass is 9.96. The van der Waals surface area contributed by atoms with E-state index in [0.717, 1.165) is 38.2 Å². The maximum atomic E-state index is 12.8. The van der Waals surface area contributed by atoms with Crippen molar-refractivity contribution < 1.29 is 4.79 Å². The monoisotopic (exact) mass is 352 g/mol. The summed E-state index contributed by atoms with van der Waals surface area (Å²) in [5.41, 5.74) is 8.20. The maximum absolute atomic E-state index is 12.8. The largest absolute Gasteiger partial charge is 0.384 e. The first kappa shape index (κ1) is 17.0. The normalized spacial score (nSPS) is 11.0. The van der Waals surface area contributed by atoms with Crippen LogP contribution in [0.3, 0.4) is 0 Å². The highest BCUT2D eigenvalue weighted by Crippen LogP contribution is 2.22. The van der Waals surface area contributed by atoms with Gasteiger partial charge in [0.05, 0.1) is 0 Å². The van der Waals surface area contributed by atoms with Crippen LogP contribution in [0.5, 0.6) is 0 Å². The molecule has 3 heteroatoms. The number of amidine groups is 1. The summed E-state index contributed by atoms with van der Waals surface area (Å²) in [5.74, 6) is 0.237. The van der Waals surface area contributed by atoms with Crippen molar-refractivity contribution in [2.75, 3.05) is 0 Å².